The number of aryl methyl sites for hydroxylation is 1. The van der Waals surface area contributed by atoms with Crippen molar-refractivity contribution in [3.8, 4) is 0 Å². The number of benzene rings is 1. The number of carbonyl (C=O) groups excluding carboxylic acids is 1. The highest BCUT2D eigenvalue weighted by molar-refractivity contribution is 7.89. The maximum absolute atomic E-state index is 12.6. The molecule has 1 amide bonds. The number of amides is 1. The van der Waals surface area contributed by atoms with E-state index in [0.29, 0.717) is 36.7 Å². The number of sulfonamides is 1. The molecular weight excluding hydrogens is 362 g/mol. The summed E-state index contributed by atoms with van der Waals surface area (Å²) < 4.78 is 26.9. The van der Waals surface area contributed by atoms with Crippen LogP contribution in [-0.4, -0.2) is 51.4 Å². The molecule has 1 atom stereocenters. The molecule has 0 aliphatic carbocycles. The van der Waals surface area contributed by atoms with Crippen molar-refractivity contribution >= 4 is 15.9 Å². The normalized spacial score (nSPS) is 21.3. The lowest BCUT2D eigenvalue weighted by Gasteiger charge is -2.25. The summed E-state index contributed by atoms with van der Waals surface area (Å²) in [6.45, 7) is 4.10. The molecule has 1 aromatic rings. The zero-order valence-electron chi connectivity index (χ0n) is 16.0. The average molecular weight is 394 g/mol. The van der Waals surface area contributed by atoms with Gasteiger partial charge in [0.25, 0.3) is 0 Å². The minimum absolute atomic E-state index is 0.0611. The van der Waals surface area contributed by atoms with E-state index in [1.165, 1.54) is 6.42 Å². The minimum Gasteiger partial charge on any atom is -0.356 e. The summed E-state index contributed by atoms with van der Waals surface area (Å²) in [5.74, 6) is 0.741. The molecule has 2 saturated heterocycles. The van der Waals surface area contributed by atoms with Crippen molar-refractivity contribution < 1.29 is 13.2 Å². The van der Waals surface area contributed by atoms with Gasteiger partial charge in [-0.1, -0.05) is 18.6 Å². The van der Waals surface area contributed by atoms with Crippen molar-refractivity contribution in [3.05, 3.63) is 29.8 Å². The third-order valence-electron chi connectivity index (χ3n) is 5.55. The summed E-state index contributed by atoms with van der Waals surface area (Å²) in [5.41, 5.74) is 0.989. The Hall–Kier alpha value is -1.44. The van der Waals surface area contributed by atoms with Crippen LogP contribution in [0.3, 0.4) is 0 Å². The summed E-state index contributed by atoms with van der Waals surface area (Å²) in [4.78, 5) is 12.3. The second kappa shape index (κ2) is 9.66. The van der Waals surface area contributed by atoms with E-state index in [2.05, 4.69) is 10.6 Å². The van der Waals surface area contributed by atoms with Crippen LogP contribution in [0.2, 0.25) is 0 Å². The van der Waals surface area contributed by atoms with Crippen LogP contribution in [-0.2, 0) is 21.2 Å². The predicted molar refractivity (Wildman–Crippen MR) is 106 cm³/mol. The first-order valence-corrected chi connectivity index (χ1v) is 11.6. The highest BCUT2D eigenvalue weighted by Crippen LogP contribution is 2.21. The molecule has 1 aromatic carbocycles. The van der Waals surface area contributed by atoms with Gasteiger partial charge in [-0.25, -0.2) is 8.42 Å². The third-order valence-corrected chi connectivity index (χ3v) is 7.47. The van der Waals surface area contributed by atoms with Crippen LogP contribution in [0, 0.1) is 5.92 Å². The molecule has 2 aliphatic heterocycles. The lowest BCUT2D eigenvalue weighted by molar-refractivity contribution is -0.121. The first kappa shape index (κ1) is 20.3. The van der Waals surface area contributed by atoms with Crippen LogP contribution in [0.25, 0.3) is 0 Å². The second-order valence-corrected chi connectivity index (χ2v) is 9.54. The van der Waals surface area contributed by atoms with Gasteiger partial charge in [-0.3, -0.25) is 4.79 Å². The fraction of sp³-hybridized carbons (Fsp3) is 0.650. The van der Waals surface area contributed by atoms with Gasteiger partial charge in [-0.05, 0) is 68.8 Å². The molecule has 0 spiro atoms. The van der Waals surface area contributed by atoms with Gasteiger partial charge in [0.15, 0.2) is 0 Å². The molecule has 2 aliphatic rings. The predicted octanol–water partition coefficient (Wildman–Crippen LogP) is 1.91. The molecule has 3 rings (SSSR count). The Morgan fingerprint density at radius 3 is 2.56 bits per heavy atom. The van der Waals surface area contributed by atoms with Gasteiger partial charge in [0.1, 0.15) is 0 Å². The number of rotatable bonds is 8. The number of hydrogen-bond acceptors (Lipinski definition) is 4. The van der Waals surface area contributed by atoms with E-state index < -0.39 is 10.0 Å². The molecule has 150 valence electrons. The molecule has 0 saturated carbocycles. The van der Waals surface area contributed by atoms with E-state index in [4.69, 9.17) is 0 Å². The Balaban J connectivity index is 1.43. The molecule has 27 heavy (non-hydrogen) atoms. The highest BCUT2D eigenvalue weighted by atomic mass is 32.2. The number of nitrogens with zero attached hydrogens (tertiary/aromatic N) is 1. The van der Waals surface area contributed by atoms with Crippen LogP contribution >= 0.6 is 0 Å². The van der Waals surface area contributed by atoms with Gasteiger partial charge >= 0.3 is 0 Å². The monoisotopic (exact) mass is 393 g/mol. The fourth-order valence-electron chi connectivity index (χ4n) is 3.81. The van der Waals surface area contributed by atoms with Crippen molar-refractivity contribution in [2.45, 2.75) is 49.8 Å². The summed E-state index contributed by atoms with van der Waals surface area (Å²) in [7, 11) is -3.38. The Bertz CT molecular complexity index is 706. The van der Waals surface area contributed by atoms with E-state index in [0.717, 1.165) is 50.9 Å². The van der Waals surface area contributed by atoms with E-state index in [1.54, 1.807) is 16.4 Å². The Labute approximate surface area is 162 Å². The molecular formula is C20H31N3O3S. The Kier molecular flexibility index (Phi) is 7.26. The van der Waals surface area contributed by atoms with Crippen LogP contribution in [0.15, 0.2) is 29.2 Å². The minimum atomic E-state index is -3.38. The molecule has 1 unspecified atom stereocenters. The lowest BCUT2D eigenvalue weighted by atomic mass is 10.1. The Morgan fingerprint density at radius 2 is 1.89 bits per heavy atom. The van der Waals surface area contributed by atoms with Crippen molar-refractivity contribution in [1.82, 2.24) is 14.9 Å². The molecule has 0 radical (unpaired) electrons. The standard InChI is InChI=1S/C20H31N3O3S/c24-20(22-13-11-18-10-12-21-16-18)9-6-17-4-7-19(8-5-17)27(25,26)23-14-2-1-3-15-23/h4-5,7-8,18,21H,1-3,6,9-16H2,(H,22,24). The van der Waals surface area contributed by atoms with Crippen molar-refractivity contribution in [1.29, 1.82) is 0 Å². The summed E-state index contributed by atoms with van der Waals surface area (Å²) in [6, 6.07) is 7.00. The topological polar surface area (TPSA) is 78.5 Å². The van der Waals surface area contributed by atoms with Crippen molar-refractivity contribution in [2.75, 3.05) is 32.7 Å². The number of piperidine rings is 1. The van der Waals surface area contributed by atoms with Crippen molar-refractivity contribution in [2.24, 2.45) is 5.92 Å². The number of hydrogen-bond donors (Lipinski definition) is 2. The van der Waals surface area contributed by atoms with Crippen molar-refractivity contribution in [3.63, 3.8) is 0 Å². The van der Waals surface area contributed by atoms with E-state index in [1.807, 2.05) is 12.1 Å². The second-order valence-electron chi connectivity index (χ2n) is 7.61. The van der Waals surface area contributed by atoms with Gasteiger partial charge < -0.3 is 10.6 Å². The van der Waals surface area contributed by atoms with E-state index in [-0.39, 0.29) is 5.91 Å². The summed E-state index contributed by atoms with van der Waals surface area (Å²) in [5, 5.41) is 6.32. The van der Waals surface area contributed by atoms with Gasteiger partial charge in [0.05, 0.1) is 4.90 Å². The highest BCUT2D eigenvalue weighted by Gasteiger charge is 2.25. The SMILES string of the molecule is O=C(CCc1ccc(S(=O)(=O)N2CCCCC2)cc1)NCCC1CCNC1. The van der Waals surface area contributed by atoms with E-state index >= 15 is 0 Å². The molecule has 2 fully saturated rings. The van der Waals surface area contributed by atoms with Gasteiger partial charge in [-0.15, -0.1) is 0 Å². The largest absolute Gasteiger partial charge is 0.356 e. The first-order chi connectivity index (χ1) is 13.1. The Morgan fingerprint density at radius 1 is 1.15 bits per heavy atom. The average Bonchev–Trinajstić information content (AvgIpc) is 3.21. The third kappa shape index (κ3) is 5.77. The number of nitrogens with one attached hydrogen (secondary N) is 2. The van der Waals surface area contributed by atoms with Crippen LogP contribution in [0.4, 0.5) is 0 Å². The molecule has 6 nitrogen and oxygen atoms in total. The quantitative estimate of drug-likeness (QED) is 0.707. The molecule has 0 aromatic heterocycles. The van der Waals surface area contributed by atoms with Gasteiger partial charge in [0, 0.05) is 26.1 Å². The maximum atomic E-state index is 12.6. The summed E-state index contributed by atoms with van der Waals surface area (Å²) >= 11 is 0. The van der Waals surface area contributed by atoms with Gasteiger partial charge in [0.2, 0.25) is 15.9 Å². The van der Waals surface area contributed by atoms with Crippen LogP contribution in [0.5, 0.6) is 0 Å². The number of carbonyl (C=O) groups is 1. The zero-order valence-corrected chi connectivity index (χ0v) is 16.8. The van der Waals surface area contributed by atoms with E-state index in [9.17, 15) is 13.2 Å². The molecule has 0 bridgehead atoms. The smallest absolute Gasteiger partial charge is 0.243 e. The summed E-state index contributed by atoms with van der Waals surface area (Å²) in [6.07, 6.45) is 6.25. The molecule has 7 heteroatoms. The molecule has 2 heterocycles. The van der Waals surface area contributed by atoms with Crippen LogP contribution in [0.1, 0.15) is 44.1 Å². The zero-order chi connectivity index (χ0) is 19.1. The molecule has 2 N–H and O–H groups in total. The maximum Gasteiger partial charge on any atom is 0.243 e. The first-order valence-electron chi connectivity index (χ1n) is 10.1. The lowest BCUT2D eigenvalue weighted by Crippen LogP contribution is -2.35. The van der Waals surface area contributed by atoms with Gasteiger partial charge in [-0.2, -0.15) is 4.31 Å². The fourth-order valence-corrected chi connectivity index (χ4v) is 5.32. The van der Waals surface area contributed by atoms with Crippen LogP contribution < -0.4 is 10.6 Å².